The van der Waals surface area contributed by atoms with Gasteiger partial charge in [-0.2, -0.15) is 0 Å². The summed E-state index contributed by atoms with van der Waals surface area (Å²) >= 11 is 0. The summed E-state index contributed by atoms with van der Waals surface area (Å²) in [5.74, 6) is 0.699. The van der Waals surface area contributed by atoms with E-state index in [9.17, 15) is 9.59 Å². The minimum absolute atomic E-state index is 0.0814. The van der Waals surface area contributed by atoms with E-state index in [1.165, 1.54) is 0 Å². The van der Waals surface area contributed by atoms with Gasteiger partial charge in [0.05, 0.1) is 5.41 Å². The van der Waals surface area contributed by atoms with Crippen LogP contribution >= 0.6 is 0 Å². The van der Waals surface area contributed by atoms with Crippen molar-refractivity contribution in [2.75, 3.05) is 13.1 Å². The molecule has 2 aliphatic heterocycles. The Hall–Kier alpha value is -0.900. The Morgan fingerprint density at radius 1 is 1.21 bits per heavy atom. The lowest BCUT2D eigenvalue weighted by molar-refractivity contribution is -0.145. The van der Waals surface area contributed by atoms with Gasteiger partial charge in [-0.15, -0.1) is 0 Å². The number of hydrogen-bond donors (Lipinski definition) is 1. The molecule has 3 rings (SSSR count). The highest BCUT2D eigenvalue weighted by Gasteiger charge is 2.54. The number of amides is 2. The van der Waals surface area contributed by atoms with E-state index in [1.807, 2.05) is 0 Å². The number of piperidine rings is 1. The van der Waals surface area contributed by atoms with Gasteiger partial charge in [0.2, 0.25) is 11.8 Å². The van der Waals surface area contributed by atoms with Crippen LogP contribution in [0.1, 0.15) is 51.9 Å². The molecular formula is C15H24N2O2. The van der Waals surface area contributed by atoms with Gasteiger partial charge in [-0.1, -0.05) is 12.8 Å². The smallest absolute Gasteiger partial charge is 0.236 e. The van der Waals surface area contributed by atoms with E-state index in [-0.39, 0.29) is 23.3 Å². The maximum atomic E-state index is 12.7. The van der Waals surface area contributed by atoms with Crippen LogP contribution in [-0.2, 0) is 9.59 Å². The van der Waals surface area contributed by atoms with E-state index >= 15 is 0 Å². The van der Waals surface area contributed by atoms with Crippen LogP contribution in [0, 0.1) is 11.3 Å². The van der Waals surface area contributed by atoms with Crippen LogP contribution in [0.5, 0.6) is 0 Å². The molecule has 3 fully saturated rings. The fourth-order valence-corrected chi connectivity index (χ4v) is 4.21. The zero-order valence-corrected chi connectivity index (χ0v) is 11.8. The third kappa shape index (κ3) is 2.10. The normalized spacial score (nSPS) is 29.4. The Kier molecular flexibility index (Phi) is 3.37. The topological polar surface area (TPSA) is 49.4 Å². The summed E-state index contributed by atoms with van der Waals surface area (Å²) in [5.41, 5.74) is -0.307. The molecule has 2 saturated heterocycles. The maximum absolute atomic E-state index is 12.7. The van der Waals surface area contributed by atoms with Gasteiger partial charge < -0.3 is 5.32 Å². The molecule has 4 nitrogen and oxygen atoms in total. The van der Waals surface area contributed by atoms with E-state index in [1.54, 1.807) is 4.90 Å². The maximum Gasteiger partial charge on any atom is 0.236 e. The van der Waals surface area contributed by atoms with Gasteiger partial charge >= 0.3 is 0 Å². The first-order chi connectivity index (χ1) is 9.14. The van der Waals surface area contributed by atoms with Crippen molar-refractivity contribution in [1.29, 1.82) is 0 Å². The van der Waals surface area contributed by atoms with Gasteiger partial charge in [-0.3, -0.25) is 14.5 Å². The van der Waals surface area contributed by atoms with Gasteiger partial charge in [-0.05, 0) is 51.6 Å². The third-order valence-corrected chi connectivity index (χ3v) is 5.46. The predicted molar refractivity (Wildman–Crippen MR) is 72.4 cm³/mol. The first-order valence-electron chi connectivity index (χ1n) is 7.71. The van der Waals surface area contributed by atoms with E-state index < -0.39 is 0 Å². The number of imide groups is 1. The van der Waals surface area contributed by atoms with Gasteiger partial charge in [-0.25, -0.2) is 0 Å². The average molecular weight is 264 g/mol. The molecule has 106 valence electrons. The minimum Gasteiger partial charge on any atom is -0.317 e. The highest BCUT2D eigenvalue weighted by atomic mass is 16.2. The van der Waals surface area contributed by atoms with Crippen molar-refractivity contribution >= 4 is 11.8 Å². The molecule has 1 N–H and O–H groups in total. The van der Waals surface area contributed by atoms with Crippen molar-refractivity contribution in [2.45, 2.75) is 57.9 Å². The SMILES string of the molecule is CC(C1CCNCC1)N1C(=O)CC2(CCCC2)C1=O. The summed E-state index contributed by atoms with van der Waals surface area (Å²) in [5, 5.41) is 3.34. The number of nitrogens with zero attached hydrogens (tertiary/aromatic N) is 1. The van der Waals surface area contributed by atoms with Crippen LogP contribution in [0.15, 0.2) is 0 Å². The fourth-order valence-electron chi connectivity index (χ4n) is 4.21. The van der Waals surface area contributed by atoms with Crippen molar-refractivity contribution in [2.24, 2.45) is 11.3 Å². The lowest BCUT2D eigenvalue weighted by Crippen LogP contribution is -2.47. The number of nitrogens with one attached hydrogen (secondary N) is 1. The Labute approximate surface area is 114 Å². The summed E-state index contributed by atoms with van der Waals surface area (Å²) in [7, 11) is 0. The van der Waals surface area contributed by atoms with Crippen LogP contribution in [0.4, 0.5) is 0 Å². The molecule has 3 aliphatic rings. The summed E-state index contributed by atoms with van der Waals surface area (Å²) in [4.78, 5) is 26.7. The number of hydrogen-bond acceptors (Lipinski definition) is 3. The van der Waals surface area contributed by atoms with Crippen molar-refractivity contribution in [3.63, 3.8) is 0 Å². The van der Waals surface area contributed by atoms with Crippen LogP contribution in [0.2, 0.25) is 0 Å². The van der Waals surface area contributed by atoms with Gasteiger partial charge in [0.25, 0.3) is 0 Å². The molecule has 19 heavy (non-hydrogen) atoms. The molecular weight excluding hydrogens is 240 g/mol. The molecule has 2 heterocycles. The Morgan fingerprint density at radius 2 is 1.84 bits per heavy atom. The predicted octanol–water partition coefficient (Wildman–Crippen LogP) is 1.69. The molecule has 1 atom stereocenters. The zero-order chi connectivity index (χ0) is 13.5. The van der Waals surface area contributed by atoms with Crippen LogP contribution < -0.4 is 5.32 Å². The second-order valence-corrected chi connectivity index (χ2v) is 6.56. The number of carbonyl (C=O) groups excluding carboxylic acids is 2. The highest BCUT2D eigenvalue weighted by molar-refractivity contribution is 6.06. The zero-order valence-electron chi connectivity index (χ0n) is 11.8. The van der Waals surface area contributed by atoms with Crippen molar-refractivity contribution < 1.29 is 9.59 Å². The molecule has 0 aromatic heterocycles. The Bertz CT molecular complexity index is 382. The van der Waals surface area contributed by atoms with Crippen molar-refractivity contribution in [1.82, 2.24) is 10.2 Å². The quantitative estimate of drug-likeness (QED) is 0.772. The molecule has 1 unspecified atom stereocenters. The van der Waals surface area contributed by atoms with Crippen LogP contribution in [-0.4, -0.2) is 35.8 Å². The molecule has 1 spiro atoms. The summed E-state index contributed by atoms with van der Waals surface area (Å²) in [6.45, 7) is 4.09. The average Bonchev–Trinajstić information content (AvgIpc) is 2.97. The second kappa shape index (κ2) is 4.89. The van der Waals surface area contributed by atoms with Crippen LogP contribution in [0.25, 0.3) is 0 Å². The largest absolute Gasteiger partial charge is 0.317 e. The summed E-state index contributed by atoms with van der Waals surface area (Å²) in [6.07, 6.45) is 6.68. The summed E-state index contributed by atoms with van der Waals surface area (Å²) < 4.78 is 0. The number of carbonyl (C=O) groups is 2. The number of likely N-dealkylation sites (tertiary alicyclic amines) is 1. The lowest BCUT2D eigenvalue weighted by Gasteiger charge is -2.34. The van der Waals surface area contributed by atoms with Crippen molar-refractivity contribution in [3.05, 3.63) is 0 Å². The number of rotatable bonds is 2. The molecule has 1 aliphatic carbocycles. The Morgan fingerprint density at radius 3 is 2.47 bits per heavy atom. The van der Waals surface area contributed by atoms with E-state index in [0.717, 1.165) is 51.6 Å². The van der Waals surface area contributed by atoms with Gasteiger partial charge in [0, 0.05) is 12.5 Å². The Balaban J connectivity index is 1.76. The third-order valence-electron chi connectivity index (χ3n) is 5.46. The molecule has 0 aromatic carbocycles. The van der Waals surface area contributed by atoms with Gasteiger partial charge in [0.1, 0.15) is 0 Å². The molecule has 0 radical (unpaired) electrons. The lowest BCUT2D eigenvalue weighted by atomic mass is 9.84. The van der Waals surface area contributed by atoms with Crippen molar-refractivity contribution in [3.8, 4) is 0 Å². The highest BCUT2D eigenvalue weighted by Crippen LogP contribution is 2.48. The monoisotopic (exact) mass is 264 g/mol. The second-order valence-electron chi connectivity index (χ2n) is 6.56. The molecule has 2 amide bonds. The van der Waals surface area contributed by atoms with Gasteiger partial charge in [0.15, 0.2) is 0 Å². The fraction of sp³-hybridized carbons (Fsp3) is 0.867. The minimum atomic E-state index is -0.307. The standard InChI is InChI=1S/C15H24N2O2/c1-11(12-4-8-16-9-5-12)17-13(18)10-15(14(17)19)6-2-3-7-15/h11-12,16H,2-10H2,1H3. The van der Waals surface area contributed by atoms with E-state index in [4.69, 9.17) is 0 Å². The molecule has 1 saturated carbocycles. The molecule has 4 heteroatoms. The van der Waals surface area contributed by atoms with E-state index in [2.05, 4.69) is 12.2 Å². The molecule has 0 bridgehead atoms. The first kappa shape index (κ1) is 13.1. The van der Waals surface area contributed by atoms with E-state index in [0.29, 0.717) is 12.3 Å². The molecule has 0 aromatic rings. The first-order valence-corrected chi connectivity index (χ1v) is 7.71. The summed E-state index contributed by atoms with van der Waals surface area (Å²) in [6, 6.07) is 0.0853. The van der Waals surface area contributed by atoms with Crippen LogP contribution in [0.3, 0.4) is 0 Å².